The highest BCUT2D eigenvalue weighted by Gasteiger charge is 2.13. The van der Waals surface area contributed by atoms with Gasteiger partial charge in [-0.05, 0) is 24.3 Å². The van der Waals surface area contributed by atoms with Crippen LogP contribution in [0.5, 0.6) is 0 Å². The van der Waals surface area contributed by atoms with E-state index in [0.29, 0.717) is 17.0 Å². The third-order valence-corrected chi connectivity index (χ3v) is 2.74. The lowest BCUT2D eigenvalue weighted by Crippen LogP contribution is -2.30. The Hall–Kier alpha value is -2.74. The fraction of sp³-hybridized carbons (Fsp3) is 0.231. The quantitative estimate of drug-likeness (QED) is 0.698. The van der Waals surface area contributed by atoms with Crippen LogP contribution in [0.25, 0.3) is 11.5 Å². The van der Waals surface area contributed by atoms with Crippen LogP contribution in [0.4, 0.5) is 0 Å². The summed E-state index contributed by atoms with van der Waals surface area (Å²) >= 11 is 0. The minimum Gasteiger partial charge on any atom is -0.479 e. The van der Waals surface area contributed by atoms with E-state index in [9.17, 15) is 9.59 Å². The molecule has 8 heteroatoms. The zero-order valence-corrected chi connectivity index (χ0v) is 10.9. The van der Waals surface area contributed by atoms with Crippen LogP contribution in [0.3, 0.4) is 0 Å². The number of hydrogen-bond donors (Lipinski definition) is 3. The molecule has 1 amide bonds. The maximum absolute atomic E-state index is 11.8. The molecule has 110 valence electrons. The Morgan fingerprint density at radius 3 is 2.57 bits per heavy atom. The van der Waals surface area contributed by atoms with Crippen molar-refractivity contribution < 1.29 is 24.2 Å². The topological polar surface area (TPSA) is 126 Å². The Balaban J connectivity index is 1.90. The number of amides is 1. The van der Waals surface area contributed by atoms with Gasteiger partial charge in [-0.3, -0.25) is 4.79 Å². The smallest absolute Gasteiger partial charge is 0.332 e. The number of aromatic nitrogens is 2. The Labute approximate surface area is 119 Å². The molecule has 3 N–H and O–H groups in total. The molecule has 2 rings (SSSR count). The second kappa shape index (κ2) is 6.62. The van der Waals surface area contributed by atoms with Crippen molar-refractivity contribution in [3.63, 3.8) is 0 Å². The number of carbonyl (C=O) groups is 2. The van der Waals surface area contributed by atoms with Gasteiger partial charge in [-0.2, -0.15) is 0 Å². The lowest BCUT2D eigenvalue weighted by Gasteiger charge is -2.07. The molecule has 1 atom stereocenters. The molecular formula is C13H13N3O5. The van der Waals surface area contributed by atoms with Gasteiger partial charge in [0.25, 0.3) is 5.91 Å². The second-order valence-corrected chi connectivity index (χ2v) is 4.22. The first-order valence-corrected chi connectivity index (χ1v) is 6.13. The molecule has 0 spiro atoms. The molecule has 0 saturated heterocycles. The van der Waals surface area contributed by atoms with Crippen molar-refractivity contribution in [1.29, 1.82) is 0 Å². The molecule has 0 aliphatic rings. The van der Waals surface area contributed by atoms with Crippen LogP contribution in [0.2, 0.25) is 0 Å². The van der Waals surface area contributed by atoms with Crippen LogP contribution < -0.4 is 5.32 Å². The monoisotopic (exact) mass is 291 g/mol. The van der Waals surface area contributed by atoms with Crippen molar-refractivity contribution >= 4 is 11.9 Å². The number of carbonyl (C=O) groups excluding carboxylic acids is 1. The summed E-state index contributed by atoms with van der Waals surface area (Å²) < 4.78 is 5.03. The molecule has 1 heterocycles. The molecule has 21 heavy (non-hydrogen) atoms. The van der Waals surface area contributed by atoms with Gasteiger partial charge < -0.3 is 19.9 Å². The van der Waals surface area contributed by atoms with Crippen LogP contribution in [-0.4, -0.2) is 44.9 Å². The molecule has 0 aliphatic carbocycles. The van der Waals surface area contributed by atoms with E-state index < -0.39 is 12.1 Å². The van der Waals surface area contributed by atoms with Gasteiger partial charge in [0.1, 0.15) is 0 Å². The van der Waals surface area contributed by atoms with E-state index >= 15 is 0 Å². The highest BCUT2D eigenvalue weighted by molar-refractivity contribution is 5.94. The second-order valence-electron chi connectivity index (χ2n) is 4.22. The number of aliphatic carboxylic acids is 1. The average molecular weight is 291 g/mol. The summed E-state index contributed by atoms with van der Waals surface area (Å²) in [6.45, 7) is 0.0672. The summed E-state index contributed by atoms with van der Waals surface area (Å²) in [5.41, 5.74) is 1.09. The highest BCUT2D eigenvalue weighted by atomic mass is 16.4. The lowest BCUT2D eigenvalue weighted by atomic mass is 10.1. The normalized spacial score (nSPS) is 11.9. The van der Waals surface area contributed by atoms with E-state index in [1.807, 2.05) is 0 Å². The number of nitrogens with zero attached hydrogens (tertiary/aromatic N) is 2. The fourth-order valence-corrected chi connectivity index (χ4v) is 1.61. The number of nitrogens with one attached hydrogen (secondary N) is 1. The standard InChI is InChI=1S/C13H13N3O5/c17-10(13(19)20)5-6-14-11(18)8-1-3-9(4-2-8)12-16-15-7-21-12/h1-4,7,10,17H,5-6H2,(H,14,18)(H,19,20). The van der Waals surface area contributed by atoms with Crippen LogP contribution in [0.15, 0.2) is 35.1 Å². The molecule has 1 aromatic heterocycles. The van der Waals surface area contributed by atoms with Crippen molar-refractivity contribution in [3.8, 4) is 11.5 Å². The van der Waals surface area contributed by atoms with Gasteiger partial charge >= 0.3 is 5.97 Å². The van der Waals surface area contributed by atoms with Gasteiger partial charge in [0.15, 0.2) is 6.10 Å². The van der Waals surface area contributed by atoms with Gasteiger partial charge in [-0.1, -0.05) is 0 Å². The molecule has 0 fully saturated rings. The Bertz CT molecular complexity index is 609. The van der Waals surface area contributed by atoms with Gasteiger partial charge in [0.2, 0.25) is 12.3 Å². The minimum atomic E-state index is -1.48. The van der Waals surface area contributed by atoms with E-state index in [-0.39, 0.29) is 18.9 Å². The lowest BCUT2D eigenvalue weighted by molar-refractivity contribution is -0.146. The SMILES string of the molecule is O=C(NCCC(O)C(=O)O)c1ccc(-c2nnco2)cc1. The van der Waals surface area contributed by atoms with E-state index in [4.69, 9.17) is 14.6 Å². The number of carboxylic acids is 1. The molecule has 0 radical (unpaired) electrons. The average Bonchev–Trinajstić information content (AvgIpc) is 3.01. The molecule has 1 aromatic carbocycles. The molecule has 8 nitrogen and oxygen atoms in total. The van der Waals surface area contributed by atoms with Crippen molar-refractivity contribution in [2.45, 2.75) is 12.5 Å². The van der Waals surface area contributed by atoms with Gasteiger partial charge in [-0.15, -0.1) is 10.2 Å². The molecular weight excluding hydrogens is 278 g/mol. The van der Waals surface area contributed by atoms with Gasteiger partial charge in [-0.25, -0.2) is 4.79 Å². The highest BCUT2D eigenvalue weighted by Crippen LogP contribution is 2.16. The van der Waals surface area contributed by atoms with Crippen molar-refractivity contribution in [3.05, 3.63) is 36.2 Å². The van der Waals surface area contributed by atoms with Gasteiger partial charge in [0.05, 0.1) is 0 Å². The predicted molar refractivity (Wildman–Crippen MR) is 70.3 cm³/mol. The Kier molecular flexibility index (Phi) is 4.62. The van der Waals surface area contributed by atoms with E-state index in [1.54, 1.807) is 24.3 Å². The Morgan fingerprint density at radius 2 is 2.00 bits per heavy atom. The molecule has 2 aromatic rings. The zero-order chi connectivity index (χ0) is 15.2. The van der Waals surface area contributed by atoms with E-state index in [2.05, 4.69) is 15.5 Å². The van der Waals surface area contributed by atoms with E-state index in [1.165, 1.54) is 6.39 Å². The first kappa shape index (κ1) is 14.7. The molecule has 1 unspecified atom stereocenters. The van der Waals surface area contributed by atoms with Gasteiger partial charge in [0, 0.05) is 24.1 Å². The third-order valence-electron chi connectivity index (χ3n) is 2.74. The first-order valence-electron chi connectivity index (χ1n) is 6.13. The van der Waals surface area contributed by atoms with Crippen molar-refractivity contribution in [2.75, 3.05) is 6.54 Å². The van der Waals surface area contributed by atoms with Crippen LogP contribution in [0.1, 0.15) is 16.8 Å². The molecule has 0 bridgehead atoms. The fourth-order valence-electron chi connectivity index (χ4n) is 1.61. The van der Waals surface area contributed by atoms with Crippen LogP contribution >= 0.6 is 0 Å². The Morgan fingerprint density at radius 1 is 1.29 bits per heavy atom. The molecule has 0 aliphatic heterocycles. The summed E-state index contributed by atoms with van der Waals surface area (Å²) in [5, 5.41) is 27.4. The minimum absolute atomic E-state index is 0.0544. The summed E-state index contributed by atoms with van der Waals surface area (Å²) in [4.78, 5) is 22.2. The summed E-state index contributed by atoms with van der Waals surface area (Å²) in [5.74, 6) is -1.32. The third kappa shape index (κ3) is 3.86. The number of hydrogen-bond acceptors (Lipinski definition) is 6. The summed E-state index contributed by atoms with van der Waals surface area (Å²) in [6.07, 6.45) is -0.324. The number of aliphatic hydroxyl groups excluding tert-OH is 1. The van der Waals surface area contributed by atoms with Crippen LogP contribution in [0, 0.1) is 0 Å². The first-order chi connectivity index (χ1) is 10.1. The largest absolute Gasteiger partial charge is 0.479 e. The van der Waals surface area contributed by atoms with Crippen molar-refractivity contribution in [1.82, 2.24) is 15.5 Å². The number of carboxylic acid groups (broad SMARTS) is 1. The maximum Gasteiger partial charge on any atom is 0.332 e. The number of aliphatic hydroxyl groups is 1. The maximum atomic E-state index is 11.8. The summed E-state index contributed by atoms with van der Waals surface area (Å²) in [6, 6.07) is 6.49. The number of rotatable bonds is 6. The molecule has 0 saturated carbocycles. The number of benzene rings is 1. The predicted octanol–water partition coefficient (Wildman–Crippen LogP) is 0.302. The summed E-state index contributed by atoms with van der Waals surface area (Å²) in [7, 11) is 0. The van der Waals surface area contributed by atoms with Crippen molar-refractivity contribution in [2.24, 2.45) is 0 Å². The zero-order valence-electron chi connectivity index (χ0n) is 10.9. The van der Waals surface area contributed by atoms with Crippen LogP contribution in [-0.2, 0) is 4.79 Å². The van der Waals surface area contributed by atoms with E-state index in [0.717, 1.165) is 0 Å².